The number of hydrogen-bond donors (Lipinski definition) is 1. The minimum Gasteiger partial charge on any atom is -0.382 e. The molecule has 1 aliphatic carbocycles. The van der Waals surface area contributed by atoms with Gasteiger partial charge in [0.1, 0.15) is 0 Å². The van der Waals surface area contributed by atoms with Gasteiger partial charge in [0.15, 0.2) is 17.5 Å². The molecule has 1 N–H and O–H groups in total. The van der Waals surface area contributed by atoms with E-state index < -0.39 is 17.5 Å². The Labute approximate surface area is 105 Å². The highest BCUT2D eigenvalue weighted by Crippen LogP contribution is 2.31. The normalized spacial score (nSPS) is 28.2. The summed E-state index contributed by atoms with van der Waals surface area (Å²) < 4.78 is 39.0. The van der Waals surface area contributed by atoms with E-state index in [4.69, 9.17) is 0 Å². The van der Waals surface area contributed by atoms with Crippen LogP contribution in [0, 0.1) is 29.3 Å². The number of benzene rings is 1. The highest BCUT2D eigenvalue weighted by atomic mass is 19.2. The van der Waals surface area contributed by atoms with Crippen LogP contribution in [0.25, 0.3) is 0 Å². The van der Waals surface area contributed by atoms with Crippen molar-refractivity contribution in [2.75, 3.05) is 5.32 Å². The zero-order valence-electron chi connectivity index (χ0n) is 10.6. The summed E-state index contributed by atoms with van der Waals surface area (Å²) in [5.74, 6) is -2.42. The molecule has 0 spiro atoms. The van der Waals surface area contributed by atoms with Crippen LogP contribution in [0.15, 0.2) is 12.1 Å². The lowest BCUT2D eigenvalue weighted by Gasteiger charge is -2.33. The topological polar surface area (TPSA) is 12.0 Å². The number of anilines is 1. The molecule has 1 nitrogen and oxygen atoms in total. The first-order valence-corrected chi connectivity index (χ1v) is 6.38. The van der Waals surface area contributed by atoms with Crippen LogP contribution in [0.4, 0.5) is 18.9 Å². The number of halogens is 3. The van der Waals surface area contributed by atoms with Crippen LogP contribution in [0.5, 0.6) is 0 Å². The molecule has 1 aromatic rings. The molecule has 0 amide bonds. The summed E-state index contributed by atoms with van der Waals surface area (Å²) in [4.78, 5) is 0. The highest BCUT2D eigenvalue weighted by molar-refractivity contribution is 5.45. The Morgan fingerprint density at radius 2 is 1.61 bits per heavy atom. The van der Waals surface area contributed by atoms with Crippen molar-refractivity contribution in [3.63, 3.8) is 0 Å². The first-order chi connectivity index (χ1) is 8.47. The van der Waals surface area contributed by atoms with Crippen LogP contribution in [0.3, 0.4) is 0 Å². The molecule has 1 fully saturated rings. The Morgan fingerprint density at radius 3 is 2.17 bits per heavy atom. The monoisotopic (exact) mass is 257 g/mol. The van der Waals surface area contributed by atoms with E-state index in [-0.39, 0.29) is 6.04 Å². The van der Waals surface area contributed by atoms with Gasteiger partial charge in [-0.3, -0.25) is 0 Å². The molecule has 3 atom stereocenters. The summed E-state index contributed by atoms with van der Waals surface area (Å²) in [7, 11) is 0. The standard InChI is InChI=1S/C14H18F3N/c1-8-3-4-10(5-9(8)2)18-11-6-12(15)14(17)13(16)7-11/h6-10,18H,3-5H2,1-2H3. The smallest absolute Gasteiger partial charge is 0.194 e. The van der Waals surface area contributed by atoms with Gasteiger partial charge in [-0.2, -0.15) is 0 Å². The maximum absolute atomic E-state index is 13.1. The molecular weight excluding hydrogens is 239 g/mol. The third kappa shape index (κ3) is 2.79. The lowest BCUT2D eigenvalue weighted by molar-refractivity contribution is 0.261. The number of hydrogen-bond acceptors (Lipinski definition) is 1. The quantitative estimate of drug-likeness (QED) is 0.777. The van der Waals surface area contributed by atoms with E-state index in [2.05, 4.69) is 19.2 Å². The van der Waals surface area contributed by atoms with Crippen molar-refractivity contribution in [2.45, 2.75) is 39.2 Å². The molecule has 0 heterocycles. The highest BCUT2D eigenvalue weighted by Gasteiger charge is 2.24. The molecule has 4 heteroatoms. The minimum absolute atomic E-state index is 0.209. The minimum atomic E-state index is -1.41. The van der Waals surface area contributed by atoms with E-state index in [0.717, 1.165) is 31.4 Å². The number of nitrogens with one attached hydrogen (secondary N) is 1. The molecule has 0 aliphatic heterocycles. The van der Waals surface area contributed by atoms with Gasteiger partial charge in [0.05, 0.1) is 0 Å². The molecule has 0 aromatic heterocycles. The second kappa shape index (κ2) is 5.21. The molecule has 0 bridgehead atoms. The molecule has 1 saturated carbocycles. The predicted octanol–water partition coefficient (Wildman–Crippen LogP) is 4.34. The van der Waals surface area contributed by atoms with Crippen LogP contribution < -0.4 is 5.32 Å². The summed E-state index contributed by atoms with van der Waals surface area (Å²) in [5, 5.41) is 3.09. The van der Waals surface area contributed by atoms with E-state index in [1.165, 1.54) is 0 Å². The lowest BCUT2D eigenvalue weighted by Crippen LogP contribution is -2.30. The maximum atomic E-state index is 13.1. The van der Waals surface area contributed by atoms with Gasteiger partial charge in [-0.25, -0.2) is 13.2 Å². The largest absolute Gasteiger partial charge is 0.382 e. The summed E-state index contributed by atoms with van der Waals surface area (Å²) in [6.45, 7) is 4.41. The van der Waals surface area contributed by atoms with E-state index in [1.807, 2.05) is 0 Å². The SMILES string of the molecule is CC1CCC(Nc2cc(F)c(F)c(F)c2)CC1C. The van der Waals surface area contributed by atoms with Gasteiger partial charge in [0, 0.05) is 23.9 Å². The molecule has 1 aromatic carbocycles. The Bertz CT molecular complexity index is 410. The van der Waals surface area contributed by atoms with Crippen LogP contribution in [0.1, 0.15) is 33.1 Å². The van der Waals surface area contributed by atoms with Crippen LogP contribution >= 0.6 is 0 Å². The summed E-state index contributed by atoms with van der Waals surface area (Å²) in [5.41, 5.74) is 0.318. The van der Waals surface area contributed by atoms with E-state index in [0.29, 0.717) is 17.5 Å². The van der Waals surface area contributed by atoms with E-state index in [9.17, 15) is 13.2 Å². The average molecular weight is 257 g/mol. The van der Waals surface area contributed by atoms with Crippen molar-refractivity contribution < 1.29 is 13.2 Å². The molecule has 2 rings (SSSR count). The molecule has 0 saturated heterocycles. The zero-order chi connectivity index (χ0) is 13.3. The lowest BCUT2D eigenvalue weighted by atomic mass is 9.79. The van der Waals surface area contributed by atoms with Crippen molar-refractivity contribution in [3.8, 4) is 0 Å². The van der Waals surface area contributed by atoms with Gasteiger partial charge in [0.25, 0.3) is 0 Å². The van der Waals surface area contributed by atoms with E-state index in [1.54, 1.807) is 0 Å². The van der Waals surface area contributed by atoms with Gasteiger partial charge in [-0.05, 0) is 31.1 Å². The summed E-state index contributed by atoms with van der Waals surface area (Å²) in [6, 6.07) is 2.24. The van der Waals surface area contributed by atoms with Gasteiger partial charge in [0.2, 0.25) is 0 Å². The third-order valence-electron chi connectivity index (χ3n) is 3.95. The molecule has 0 radical (unpaired) electrons. The van der Waals surface area contributed by atoms with Crippen molar-refractivity contribution in [2.24, 2.45) is 11.8 Å². The fourth-order valence-electron chi connectivity index (χ4n) is 2.55. The van der Waals surface area contributed by atoms with Gasteiger partial charge in [-0.1, -0.05) is 13.8 Å². The van der Waals surface area contributed by atoms with E-state index >= 15 is 0 Å². The van der Waals surface area contributed by atoms with Gasteiger partial charge in [-0.15, -0.1) is 0 Å². The summed E-state index contributed by atoms with van der Waals surface area (Å²) in [6.07, 6.45) is 3.05. The van der Waals surface area contributed by atoms with Gasteiger partial charge < -0.3 is 5.32 Å². The first kappa shape index (κ1) is 13.2. The molecule has 1 aliphatic rings. The molecule has 100 valence electrons. The zero-order valence-corrected chi connectivity index (χ0v) is 10.6. The van der Waals surface area contributed by atoms with Crippen molar-refractivity contribution in [1.82, 2.24) is 0 Å². The second-order valence-electron chi connectivity index (χ2n) is 5.36. The van der Waals surface area contributed by atoms with Crippen molar-refractivity contribution in [3.05, 3.63) is 29.6 Å². The second-order valence-corrected chi connectivity index (χ2v) is 5.36. The van der Waals surface area contributed by atoms with Crippen LogP contribution in [-0.4, -0.2) is 6.04 Å². The van der Waals surface area contributed by atoms with Crippen molar-refractivity contribution in [1.29, 1.82) is 0 Å². The molecular formula is C14H18F3N. The Balaban J connectivity index is 2.06. The Kier molecular flexibility index (Phi) is 3.83. The molecule has 18 heavy (non-hydrogen) atoms. The average Bonchev–Trinajstić information content (AvgIpc) is 2.31. The van der Waals surface area contributed by atoms with Crippen LogP contribution in [-0.2, 0) is 0 Å². The number of rotatable bonds is 2. The van der Waals surface area contributed by atoms with Gasteiger partial charge >= 0.3 is 0 Å². The third-order valence-corrected chi connectivity index (χ3v) is 3.95. The molecule has 3 unspecified atom stereocenters. The summed E-state index contributed by atoms with van der Waals surface area (Å²) >= 11 is 0. The fraction of sp³-hybridized carbons (Fsp3) is 0.571. The Hall–Kier alpha value is -1.19. The maximum Gasteiger partial charge on any atom is 0.194 e. The first-order valence-electron chi connectivity index (χ1n) is 6.38. The fourth-order valence-corrected chi connectivity index (χ4v) is 2.55. The van der Waals surface area contributed by atoms with Crippen molar-refractivity contribution >= 4 is 5.69 Å². The van der Waals surface area contributed by atoms with Crippen LogP contribution in [0.2, 0.25) is 0 Å². The predicted molar refractivity (Wildman–Crippen MR) is 65.9 cm³/mol. The Morgan fingerprint density at radius 1 is 1.00 bits per heavy atom.